The van der Waals surface area contributed by atoms with Crippen LogP contribution in [0.15, 0.2) is 97.2 Å². The molecule has 0 rings (SSSR count). The van der Waals surface area contributed by atoms with Gasteiger partial charge in [0.25, 0.3) is 0 Å². The standard InChI is InChI=1S/C49H78O6/c1-4-7-10-13-16-18-20-22-23-24-25-27-28-30-33-36-39-42-48(51)54-45-46(44-53-47(50)41-38-35-32-15-12-9-6-3)55-49(52)43-40-37-34-31-29-26-21-19-17-14-11-8-5-2/h7-8,10-11,16-19,22-23,25-27,29-30,33,46H,4-6,9,12-15,20-21,24,28,31-32,34-45H2,1-3H3/b10-7-,11-8-,18-16-,19-17-,23-22-,27-25-,29-26-,33-30-. The Kier molecular flexibility index (Phi) is 40.2. The van der Waals surface area contributed by atoms with Gasteiger partial charge in [0, 0.05) is 19.3 Å². The molecule has 1 unspecified atom stereocenters. The van der Waals surface area contributed by atoms with E-state index in [0.29, 0.717) is 12.8 Å². The maximum Gasteiger partial charge on any atom is 0.306 e. The van der Waals surface area contributed by atoms with Crippen LogP contribution >= 0.6 is 0 Å². The number of hydrogen-bond acceptors (Lipinski definition) is 6. The lowest BCUT2D eigenvalue weighted by atomic mass is 10.1. The van der Waals surface area contributed by atoms with Crippen molar-refractivity contribution < 1.29 is 28.6 Å². The minimum atomic E-state index is -0.811. The minimum Gasteiger partial charge on any atom is -0.462 e. The molecular formula is C49H78O6. The van der Waals surface area contributed by atoms with Crippen molar-refractivity contribution in [1.82, 2.24) is 0 Å². The molecule has 0 saturated heterocycles. The first-order chi connectivity index (χ1) is 27.0. The summed E-state index contributed by atoms with van der Waals surface area (Å²) in [6.07, 6.45) is 55.5. The zero-order valence-corrected chi connectivity index (χ0v) is 35.1. The molecule has 0 fully saturated rings. The van der Waals surface area contributed by atoms with Crippen LogP contribution in [0.1, 0.15) is 175 Å². The quantitative estimate of drug-likeness (QED) is 0.0271. The third-order valence-corrected chi connectivity index (χ3v) is 8.58. The second-order valence-corrected chi connectivity index (χ2v) is 13.8. The van der Waals surface area contributed by atoms with E-state index >= 15 is 0 Å². The topological polar surface area (TPSA) is 78.9 Å². The molecule has 310 valence electrons. The summed E-state index contributed by atoms with van der Waals surface area (Å²) in [4.78, 5) is 37.5. The molecule has 0 radical (unpaired) electrons. The number of esters is 3. The Bertz CT molecular complexity index is 1150. The highest BCUT2D eigenvalue weighted by Gasteiger charge is 2.19. The number of allylic oxidation sites excluding steroid dienone is 16. The molecule has 0 aromatic rings. The molecule has 0 aliphatic carbocycles. The predicted octanol–water partition coefficient (Wildman–Crippen LogP) is 13.9. The van der Waals surface area contributed by atoms with Crippen LogP contribution in [0.5, 0.6) is 0 Å². The van der Waals surface area contributed by atoms with Crippen LogP contribution in [0, 0.1) is 0 Å². The van der Waals surface area contributed by atoms with E-state index in [-0.39, 0.29) is 44.0 Å². The Hall–Kier alpha value is -3.67. The van der Waals surface area contributed by atoms with Gasteiger partial charge in [-0.15, -0.1) is 0 Å². The largest absolute Gasteiger partial charge is 0.462 e. The van der Waals surface area contributed by atoms with Gasteiger partial charge in [0.15, 0.2) is 6.10 Å². The molecule has 0 aliphatic heterocycles. The number of carbonyl (C=O) groups excluding carboxylic acids is 3. The Morgan fingerprint density at radius 2 is 0.727 bits per heavy atom. The van der Waals surface area contributed by atoms with Crippen molar-refractivity contribution in [1.29, 1.82) is 0 Å². The molecule has 0 amide bonds. The fourth-order valence-electron chi connectivity index (χ4n) is 5.37. The number of hydrogen-bond donors (Lipinski definition) is 0. The Morgan fingerprint density at radius 1 is 0.382 bits per heavy atom. The normalized spacial score (nSPS) is 13.0. The zero-order valence-electron chi connectivity index (χ0n) is 35.1. The predicted molar refractivity (Wildman–Crippen MR) is 233 cm³/mol. The molecule has 1 atom stereocenters. The van der Waals surface area contributed by atoms with Gasteiger partial charge in [0.05, 0.1) is 0 Å². The highest BCUT2D eigenvalue weighted by Crippen LogP contribution is 2.11. The van der Waals surface area contributed by atoms with E-state index in [9.17, 15) is 14.4 Å². The number of carbonyl (C=O) groups is 3. The highest BCUT2D eigenvalue weighted by molar-refractivity contribution is 5.71. The average molecular weight is 763 g/mol. The van der Waals surface area contributed by atoms with E-state index in [0.717, 1.165) is 103 Å². The summed E-state index contributed by atoms with van der Waals surface area (Å²) in [5.74, 6) is -1.02. The van der Waals surface area contributed by atoms with Crippen molar-refractivity contribution >= 4 is 17.9 Å². The summed E-state index contributed by atoms with van der Waals surface area (Å²) in [6, 6.07) is 0. The third-order valence-electron chi connectivity index (χ3n) is 8.58. The van der Waals surface area contributed by atoms with Crippen LogP contribution in [0.3, 0.4) is 0 Å². The van der Waals surface area contributed by atoms with Gasteiger partial charge in [0.2, 0.25) is 0 Å². The zero-order chi connectivity index (χ0) is 40.1. The lowest BCUT2D eigenvalue weighted by molar-refractivity contribution is -0.167. The Labute approximate surface area is 337 Å². The highest BCUT2D eigenvalue weighted by atomic mass is 16.6. The lowest BCUT2D eigenvalue weighted by Gasteiger charge is -2.18. The van der Waals surface area contributed by atoms with E-state index < -0.39 is 6.10 Å². The van der Waals surface area contributed by atoms with Crippen LogP contribution in [-0.2, 0) is 28.6 Å². The summed E-state index contributed by atoms with van der Waals surface area (Å²) < 4.78 is 16.5. The van der Waals surface area contributed by atoms with Crippen molar-refractivity contribution in [3.63, 3.8) is 0 Å². The molecular weight excluding hydrogens is 685 g/mol. The summed E-state index contributed by atoms with van der Waals surface area (Å²) in [5, 5.41) is 0. The first kappa shape index (κ1) is 51.3. The van der Waals surface area contributed by atoms with E-state index in [1.165, 1.54) is 25.7 Å². The van der Waals surface area contributed by atoms with Crippen LogP contribution in [0.25, 0.3) is 0 Å². The summed E-state index contributed by atoms with van der Waals surface area (Å²) in [7, 11) is 0. The van der Waals surface area contributed by atoms with Gasteiger partial charge < -0.3 is 14.2 Å². The minimum absolute atomic E-state index is 0.109. The third kappa shape index (κ3) is 41.3. The molecule has 6 heteroatoms. The summed E-state index contributed by atoms with van der Waals surface area (Å²) in [6.45, 7) is 6.25. The average Bonchev–Trinajstić information content (AvgIpc) is 3.18. The van der Waals surface area contributed by atoms with E-state index in [2.05, 4.69) is 118 Å². The first-order valence-electron chi connectivity index (χ1n) is 21.7. The molecule has 0 bridgehead atoms. The fourth-order valence-corrected chi connectivity index (χ4v) is 5.37. The fraction of sp³-hybridized carbons (Fsp3) is 0.612. The van der Waals surface area contributed by atoms with Gasteiger partial charge in [-0.1, -0.05) is 163 Å². The Morgan fingerprint density at radius 3 is 1.18 bits per heavy atom. The van der Waals surface area contributed by atoms with Gasteiger partial charge in [0.1, 0.15) is 13.2 Å². The molecule has 0 aromatic heterocycles. The lowest BCUT2D eigenvalue weighted by Crippen LogP contribution is -2.30. The molecule has 0 aliphatic rings. The SMILES string of the molecule is CC/C=C\C/C=C\C/C=C\C/C=C\C/C=C\CCCC(=O)OCC(COC(=O)CCCCCCCCC)OC(=O)CCCCC/C=C\C/C=C\C/C=C\CC. The van der Waals surface area contributed by atoms with Crippen molar-refractivity contribution in [2.75, 3.05) is 13.2 Å². The molecule has 0 saturated carbocycles. The second-order valence-electron chi connectivity index (χ2n) is 13.8. The molecule has 0 heterocycles. The van der Waals surface area contributed by atoms with Gasteiger partial charge >= 0.3 is 17.9 Å². The van der Waals surface area contributed by atoms with Gasteiger partial charge in [-0.3, -0.25) is 14.4 Å². The number of ether oxygens (including phenoxy) is 3. The Balaban J connectivity index is 4.48. The van der Waals surface area contributed by atoms with E-state index in [4.69, 9.17) is 14.2 Å². The maximum absolute atomic E-state index is 12.7. The number of rotatable bonds is 37. The van der Waals surface area contributed by atoms with E-state index in [1.807, 2.05) is 0 Å². The molecule has 55 heavy (non-hydrogen) atoms. The van der Waals surface area contributed by atoms with Crippen LogP contribution in [-0.4, -0.2) is 37.2 Å². The monoisotopic (exact) mass is 763 g/mol. The maximum atomic E-state index is 12.7. The van der Waals surface area contributed by atoms with Crippen molar-refractivity contribution in [3.05, 3.63) is 97.2 Å². The van der Waals surface area contributed by atoms with E-state index in [1.54, 1.807) is 0 Å². The molecule has 0 N–H and O–H groups in total. The van der Waals surface area contributed by atoms with Crippen LogP contribution < -0.4 is 0 Å². The first-order valence-corrected chi connectivity index (χ1v) is 21.7. The number of unbranched alkanes of at least 4 members (excludes halogenated alkanes) is 10. The molecule has 6 nitrogen and oxygen atoms in total. The molecule has 0 spiro atoms. The van der Waals surface area contributed by atoms with Gasteiger partial charge in [-0.05, 0) is 89.9 Å². The van der Waals surface area contributed by atoms with Crippen LogP contribution in [0.4, 0.5) is 0 Å². The smallest absolute Gasteiger partial charge is 0.306 e. The van der Waals surface area contributed by atoms with Crippen molar-refractivity contribution in [2.24, 2.45) is 0 Å². The van der Waals surface area contributed by atoms with Gasteiger partial charge in [-0.2, -0.15) is 0 Å². The second kappa shape index (κ2) is 43.1. The molecule has 0 aromatic carbocycles. The van der Waals surface area contributed by atoms with Crippen molar-refractivity contribution in [2.45, 2.75) is 181 Å². The van der Waals surface area contributed by atoms with Crippen molar-refractivity contribution in [3.8, 4) is 0 Å². The summed E-state index contributed by atoms with van der Waals surface area (Å²) in [5.41, 5.74) is 0. The van der Waals surface area contributed by atoms with Gasteiger partial charge in [-0.25, -0.2) is 0 Å². The summed E-state index contributed by atoms with van der Waals surface area (Å²) >= 11 is 0. The van der Waals surface area contributed by atoms with Crippen LogP contribution in [0.2, 0.25) is 0 Å².